The maximum Gasteiger partial charge on any atom is 0.257 e. The van der Waals surface area contributed by atoms with Crippen molar-refractivity contribution in [1.29, 1.82) is 0 Å². The number of carbonyl (C=O) groups excluding carboxylic acids is 1. The summed E-state index contributed by atoms with van der Waals surface area (Å²) in [6, 6.07) is 11.9. The summed E-state index contributed by atoms with van der Waals surface area (Å²) in [5, 5.41) is 2.88. The first-order valence-electron chi connectivity index (χ1n) is 8.10. The van der Waals surface area contributed by atoms with E-state index < -0.39 is 0 Å². The van der Waals surface area contributed by atoms with Crippen LogP contribution in [0.3, 0.4) is 0 Å². The normalized spacial score (nSPS) is 10.3. The van der Waals surface area contributed by atoms with Gasteiger partial charge in [-0.25, -0.2) is 0 Å². The molecule has 0 aromatic heterocycles. The van der Waals surface area contributed by atoms with Gasteiger partial charge in [-0.15, -0.1) is 0 Å². The molecule has 24 heavy (non-hydrogen) atoms. The maximum absolute atomic E-state index is 11.9. The predicted molar refractivity (Wildman–Crippen MR) is 95.9 cm³/mol. The van der Waals surface area contributed by atoms with Crippen LogP contribution in [0.2, 0.25) is 0 Å². The van der Waals surface area contributed by atoms with E-state index in [2.05, 4.69) is 11.4 Å². The van der Waals surface area contributed by atoms with Crippen molar-refractivity contribution in [2.45, 2.75) is 27.2 Å². The second-order valence-corrected chi connectivity index (χ2v) is 5.95. The van der Waals surface area contributed by atoms with Gasteiger partial charge in [-0.1, -0.05) is 23.8 Å². The van der Waals surface area contributed by atoms with Gasteiger partial charge >= 0.3 is 0 Å². The number of carbonyl (C=O) groups is 1. The van der Waals surface area contributed by atoms with E-state index in [9.17, 15) is 4.79 Å². The van der Waals surface area contributed by atoms with Crippen LogP contribution in [0.1, 0.15) is 22.3 Å². The SMILES string of the molecule is COc1ccc(C)cc1CCNC(=O)COc1ccc(C)c(C)c1. The largest absolute Gasteiger partial charge is 0.496 e. The highest BCUT2D eigenvalue weighted by molar-refractivity contribution is 5.77. The van der Waals surface area contributed by atoms with E-state index in [-0.39, 0.29) is 12.5 Å². The van der Waals surface area contributed by atoms with Crippen LogP contribution in [-0.2, 0) is 11.2 Å². The van der Waals surface area contributed by atoms with E-state index in [1.54, 1.807) is 7.11 Å². The van der Waals surface area contributed by atoms with Crippen molar-refractivity contribution in [1.82, 2.24) is 5.32 Å². The van der Waals surface area contributed by atoms with Gasteiger partial charge in [0.25, 0.3) is 5.91 Å². The molecule has 0 saturated carbocycles. The van der Waals surface area contributed by atoms with E-state index in [0.29, 0.717) is 12.3 Å². The minimum Gasteiger partial charge on any atom is -0.496 e. The van der Waals surface area contributed by atoms with Gasteiger partial charge in [0.15, 0.2) is 6.61 Å². The Kier molecular flexibility index (Phi) is 6.24. The second kappa shape index (κ2) is 8.39. The first-order chi connectivity index (χ1) is 11.5. The van der Waals surface area contributed by atoms with Crippen LogP contribution >= 0.6 is 0 Å². The molecule has 0 radical (unpaired) electrons. The van der Waals surface area contributed by atoms with Crippen molar-refractivity contribution >= 4 is 5.91 Å². The molecule has 0 unspecified atom stereocenters. The molecule has 0 heterocycles. The highest BCUT2D eigenvalue weighted by Gasteiger charge is 2.06. The number of benzene rings is 2. The molecule has 0 saturated heterocycles. The molecule has 128 valence electrons. The van der Waals surface area contributed by atoms with Gasteiger partial charge in [0.2, 0.25) is 0 Å². The van der Waals surface area contributed by atoms with Crippen molar-refractivity contribution in [3.8, 4) is 11.5 Å². The summed E-state index contributed by atoms with van der Waals surface area (Å²) in [7, 11) is 1.66. The molecule has 0 spiro atoms. The van der Waals surface area contributed by atoms with Crippen LogP contribution in [-0.4, -0.2) is 26.2 Å². The lowest BCUT2D eigenvalue weighted by Gasteiger charge is -2.11. The molecule has 0 fully saturated rings. The zero-order chi connectivity index (χ0) is 17.5. The number of rotatable bonds is 7. The molecule has 0 bridgehead atoms. The lowest BCUT2D eigenvalue weighted by Crippen LogP contribution is -2.30. The molecule has 4 nitrogen and oxygen atoms in total. The number of nitrogens with one attached hydrogen (secondary N) is 1. The Morgan fingerprint density at radius 2 is 1.83 bits per heavy atom. The third kappa shape index (κ3) is 5.01. The zero-order valence-corrected chi connectivity index (χ0v) is 14.8. The number of aryl methyl sites for hydroxylation is 3. The summed E-state index contributed by atoms with van der Waals surface area (Å²) < 4.78 is 10.9. The summed E-state index contributed by atoms with van der Waals surface area (Å²) in [5.74, 6) is 1.44. The molecule has 1 N–H and O–H groups in total. The summed E-state index contributed by atoms with van der Waals surface area (Å²) >= 11 is 0. The zero-order valence-electron chi connectivity index (χ0n) is 14.8. The first-order valence-corrected chi connectivity index (χ1v) is 8.10. The molecular weight excluding hydrogens is 302 g/mol. The van der Waals surface area contributed by atoms with Crippen molar-refractivity contribution in [2.75, 3.05) is 20.3 Å². The lowest BCUT2D eigenvalue weighted by molar-refractivity contribution is -0.123. The Morgan fingerprint density at radius 1 is 1.04 bits per heavy atom. The second-order valence-electron chi connectivity index (χ2n) is 5.95. The van der Waals surface area contributed by atoms with Gasteiger partial charge in [0.1, 0.15) is 11.5 Å². The maximum atomic E-state index is 11.9. The predicted octanol–water partition coefficient (Wildman–Crippen LogP) is 3.36. The minimum atomic E-state index is -0.125. The van der Waals surface area contributed by atoms with Crippen molar-refractivity contribution < 1.29 is 14.3 Å². The van der Waals surface area contributed by atoms with E-state index in [4.69, 9.17) is 9.47 Å². The van der Waals surface area contributed by atoms with Gasteiger partial charge in [-0.2, -0.15) is 0 Å². The average molecular weight is 327 g/mol. The Hall–Kier alpha value is -2.49. The lowest BCUT2D eigenvalue weighted by atomic mass is 10.1. The van der Waals surface area contributed by atoms with Gasteiger partial charge < -0.3 is 14.8 Å². The first kappa shape index (κ1) is 17.9. The third-order valence-electron chi connectivity index (χ3n) is 4.00. The monoisotopic (exact) mass is 327 g/mol. The molecular formula is C20H25NO3. The third-order valence-corrected chi connectivity index (χ3v) is 4.00. The molecule has 0 aliphatic carbocycles. The van der Waals surface area contributed by atoms with Crippen LogP contribution < -0.4 is 14.8 Å². The molecule has 0 aliphatic heterocycles. The summed E-state index contributed by atoms with van der Waals surface area (Å²) in [6.45, 7) is 6.68. The number of ether oxygens (including phenoxy) is 2. The highest BCUT2D eigenvalue weighted by Crippen LogP contribution is 2.20. The number of methoxy groups -OCH3 is 1. The number of amides is 1. The van der Waals surface area contributed by atoms with Gasteiger partial charge in [-0.05, 0) is 62.1 Å². The van der Waals surface area contributed by atoms with Crippen LogP contribution in [0, 0.1) is 20.8 Å². The van der Waals surface area contributed by atoms with E-state index in [0.717, 1.165) is 23.3 Å². The van der Waals surface area contributed by atoms with Crippen molar-refractivity contribution in [3.63, 3.8) is 0 Å². The molecule has 2 rings (SSSR count). The summed E-state index contributed by atoms with van der Waals surface area (Å²) in [4.78, 5) is 11.9. The van der Waals surface area contributed by atoms with Crippen molar-refractivity contribution in [3.05, 3.63) is 58.7 Å². The Balaban J connectivity index is 1.79. The van der Waals surface area contributed by atoms with Gasteiger partial charge in [0.05, 0.1) is 7.11 Å². The van der Waals surface area contributed by atoms with Crippen LogP contribution in [0.25, 0.3) is 0 Å². The Bertz CT molecular complexity index is 710. The molecule has 2 aromatic carbocycles. The Labute approximate surface area is 143 Å². The smallest absolute Gasteiger partial charge is 0.257 e. The van der Waals surface area contributed by atoms with Crippen LogP contribution in [0.15, 0.2) is 36.4 Å². The fourth-order valence-electron chi connectivity index (χ4n) is 2.44. The molecule has 0 atom stereocenters. The molecule has 4 heteroatoms. The average Bonchev–Trinajstić information content (AvgIpc) is 2.56. The number of hydrogen-bond donors (Lipinski definition) is 1. The van der Waals surface area contributed by atoms with E-state index in [1.807, 2.05) is 51.1 Å². The van der Waals surface area contributed by atoms with E-state index in [1.165, 1.54) is 11.1 Å². The topological polar surface area (TPSA) is 47.6 Å². The molecule has 2 aromatic rings. The summed E-state index contributed by atoms with van der Waals surface area (Å²) in [5.41, 5.74) is 4.63. The standard InChI is InChI=1S/C20H25NO3/c1-14-5-8-19(23-4)17(11-14)9-10-21-20(22)13-24-18-7-6-15(2)16(3)12-18/h5-8,11-12H,9-10,13H2,1-4H3,(H,21,22). The number of hydrogen-bond acceptors (Lipinski definition) is 3. The van der Waals surface area contributed by atoms with Gasteiger partial charge in [-0.3, -0.25) is 4.79 Å². The quantitative estimate of drug-likeness (QED) is 0.848. The minimum absolute atomic E-state index is 0.0213. The summed E-state index contributed by atoms with van der Waals surface area (Å²) in [6.07, 6.45) is 0.722. The van der Waals surface area contributed by atoms with E-state index >= 15 is 0 Å². The fourth-order valence-corrected chi connectivity index (χ4v) is 2.44. The highest BCUT2D eigenvalue weighted by atomic mass is 16.5. The fraction of sp³-hybridized carbons (Fsp3) is 0.350. The van der Waals surface area contributed by atoms with Crippen LogP contribution in [0.4, 0.5) is 0 Å². The van der Waals surface area contributed by atoms with Crippen LogP contribution in [0.5, 0.6) is 11.5 Å². The van der Waals surface area contributed by atoms with Gasteiger partial charge in [0, 0.05) is 6.54 Å². The van der Waals surface area contributed by atoms with Crippen molar-refractivity contribution in [2.24, 2.45) is 0 Å². The molecule has 1 amide bonds. The molecule has 0 aliphatic rings. The Morgan fingerprint density at radius 3 is 2.54 bits per heavy atom.